The van der Waals surface area contributed by atoms with E-state index in [2.05, 4.69) is 15.5 Å². The SMILES string of the molecule is Cc1ccc(NC2CC3CCC2O3)nn1. The van der Waals surface area contributed by atoms with Crippen LogP contribution in [-0.4, -0.2) is 28.4 Å². The molecular formula is C11H15N3O. The number of aromatic nitrogens is 2. The highest BCUT2D eigenvalue weighted by atomic mass is 16.5. The van der Waals surface area contributed by atoms with Crippen molar-refractivity contribution in [3.8, 4) is 0 Å². The van der Waals surface area contributed by atoms with Crippen molar-refractivity contribution in [1.82, 2.24) is 10.2 Å². The normalized spacial score (nSPS) is 33.3. The molecule has 3 heterocycles. The lowest BCUT2D eigenvalue weighted by molar-refractivity contribution is 0.102. The molecule has 0 aromatic carbocycles. The van der Waals surface area contributed by atoms with Crippen LogP contribution in [0.2, 0.25) is 0 Å². The van der Waals surface area contributed by atoms with E-state index in [9.17, 15) is 0 Å². The predicted octanol–water partition coefficient (Wildman–Crippen LogP) is 1.52. The van der Waals surface area contributed by atoms with Crippen molar-refractivity contribution in [2.45, 2.75) is 44.4 Å². The maximum absolute atomic E-state index is 5.77. The van der Waals surface area contributed by atoms with Crippen LogP contribution in [0.25, 0.3) is 0 Å². The summed E-state index contributed by atoms with van der Waals surface area (Å²) >= 11 is 0. The molecule has 2 aliphatic heterocycles. The Balaban J connectivity index is 1.68. The number of hydrogen-bond donors (Lipinski definition) is 1. The second kappa shape index (κ2) is 3.45. The van der Waals surface area contributed by atoms with Gasteiger partial charge in [0.05, 0.1) is 23.9 Å². The van der Waals surface area contributed by atoms with E-state index >= 15 is 0 Å². The van der Waals surface area contributed by atoms with E-state index < -0.39 is 0 Å². The van der Waals surface area contributed by atoms with Gasteiger partial charge in [0, 0.05) is 0 Å². The Labute approximate surface area is 89.0 Å². The van der Waals surface area contributed by atoms with Crippen molar-refractivity contribution in [1.29, 1.82) is 0 Å². The molecule has 1 aromatic heterocycles. The number of rotatable bonds is 2. The highest BCUT2D eigenvalue weighted by molar-refractivity contribution is 5.35. The van der Waals surface area contributed by atoms with E-state index in [4.69, 9.17) is 4.74 Å². The minimum absolute atomic E-state index is 0.387. The highest BCUT2D eigenvalue weighted by Crippen LogP contribution is 2.35. The van der Waals surface area contributed by atoms with Crippen molar-refractivity contribution >= 4 is 5.82 Å². The Morgan fingerprint density at radius 2 is 2.27 bits per heavy atom. The number of hydrogen-bond acceptors (Lipinski definition) is 4. The second-order valence-corrected chi connectivity index (χ2v) is 4.42. The Hall–Kier alpha value is -1.16. The van der Waals surface area contributed by atoms with Gasteiger partial charge in [-0.3, -0.25) is 0 Å². The zero-order chi connectivity index (χ0) is 10.3. The average molecular weight is 205 g/mol. The van der Waals surface area contributed by atoms with Gasteiger partial charge in [-0.1, -0.05) is 0 Å². The lowest BCUT2D eigenvalue weighted by atomic mass is 9.95. The monoisotopic (exact) mass is 205 g/mol. The van der Waals surface area contributed by atoms with Crippen LogP contribution in [0.3, 0.4) is 0 Å². The van der Waals surface area contributed by atoms with Gasteiger partial charge in [-0.15, -0.1) is 5.10 Å². The summed E-state index contributed by atoms with van der Waals surface area (Å²) in [6.07, 6.45) is 4.38. The summed E-state index contributed by atoms with van der Waals surface area (Å²) in [6, 6.07) is 4.39. The molecule has 0 amide bonds. The summed E-state index contributed by atoms with van der Waals surface area (Å²) in [5.41, 5.74) is 0.949. The summed E-state index contributed by atoms with van der Waals surface area (Å²) in [6.45, 7) is 1.94. The fourth-order valence-corrected chi connectivity index (χ4v) is 2.46. The molecule has 2 fully saturated rings. The maximum Gasteiger partial charge on any atom is 0.148 e. The smallest absolute Gasteiger partial charge is 0.148 e. The fraction of sp³-hybridized carbons (Fsp3) is 0.636. The first-order chi connectivity index (χ1) is 7.31. The Morgan fingerprint density at radius 1 is 1.33 bits per heavy atom. The number of aryl methyl sites for hydroxylation is 1. The molecule has 0 aliphatic carbocycles. The first-order valence-electron chi connectivity index (χ1n) is 5.53. The number of fused-ring (bicyclic) bond motifs is 2. The van der Waals surface area contributed by atoms with Gasteiger partial charge in [0.2, 0.25) is 0 Å². The predicted molar refractivity (Wildman–Crippen MR) is 56.7 cm³/mol. The molecule has 4 heteroatoms. The van der Waals surface area contributed by atoms with E-state index in [-0.39, 0.29) is 0 Å². The van der Waals surface area contributed by atoms with Crippen LogP contribution in [0.15, 0.2) is 12.1 Å². The fourth-order valence-electron chi connectivity index (χ4n) is 2.46. The summed E-state index contributed by atoms with van der Waals surface area (Å²) in [5.74, 6) is 0.863. The average Bonchev–Trinajstić information content (AvgIpc) is 2.83. The Morgan fingerprint density at radius 3 is 2.87 bits per heavy atom. The summed E-state index contributed by atoms with van der Waals surface area (Å²) in [7, 11) is 0. The first kappa shape index (κ1) is 9.09. The van der Waals surface area contributed by atoms with Crippen molar-refractivity contribution in [3.63, 3.8) is 0 Å². The standard InChI is InChI=1S/C11H15N3O/c1-7-2-5-11(14-13-7)12-9-6-8-3-4-10(9)15-8/h2,5,8-10H,3-4,6H2,1H3,(H,12,14). The van der Waals surface area contributed by atoms with E-state index in [0.717, 1.165) is 17.9 Å². The van der Waals surface area contributed by atoms with Crippen LogP contribution in [0, 0.1) is 6.92 Å². The molecule has 3 atom stereocenters. The molecule has 80 valence electrons. The van der Waals surface area contributed by atoms with Crippen molar-refractivity contribution in [2.24, 2.45) is 0 Å². The molecule has 1 aromatic rings. The van der Waals surface area contributed by atoms with E-state index in [1.165, 1.54) is 12.8 Å². The Bertz CT molecular complexity index is 351. The number of anilines is 1. The minimum atomic E-state index is 0.387. The van der Waals surface area contributed by atoms with E-state index in [1.54, 1.807) is 0 Å². The maximum atomic E-state index is 5.77. The van der Waals surface area contributed by atoms with E-state index in [1.807, 2.05) is 19.1 Å². The number of nitrogens with zero attached hydrogens (tertiary/aromatic N) is 2. The lowest BCUT2D eigenvalue weighted by Gasteiger charge is -2.20. The quantitative estimate of drug-likeness (QED) is 0.795. The zero-order valence-electron chi connectivity index (χ0n) is 8.81. The van der Waals surface area contributed by atoms with Crippen LogP contribution in [0.1, 0.15) is 25.0 Å². The summed E-state index contributed by atoms with van der Waals surface area (Å²) < 4.78 is 5.77. The number of ether oxygens (including phenoxy) is 1. The molecule has 2 saturated heterocycles. The largest absolute Gasteiger partial charge is 0.373 e. The van der Waals surface area contributed by atoms with E-state index in [0.29, 0.717) is 18.2 Å². The van der Waals surface area contributed by atoms with Crippen molar-refractivity contribution < 1.29 is 4.74 Å². The van der Waals surface area contributed by atoms with Crippen LogP contribution in [-0.2, 0) is 4.74 Å². The molecular weight excluding hydrogens is 190 g/mol. The van der Waals surface area contributed by atoms with Gasteiger partial charge < -0.3 is 10.1 Å². The van der Waals surface area contributed by atoms with Gasteiger partial charge in [0.25, 0.3) is 0 Å². The number of nitrogens with one attached hydrogen (secondary N) is 1. The summed E-state index contributed by atoms with van der Waals surface area (Å²) in [4.78, 5) is 0. The van der Waals surface area contributed by atoms with Crippen LogP contribution in [0.5, 0.6) is 0 Å². The third-order valence-corrected chi connectivity index (χ3v) is 3.24. The molecule has 2 bridgehead atoms. The topological polar surface area (TPSA) is 47.0 Å². The zero-order valence-corrected chi connectivity index (χ0v) is 8.81. The van der Waals surface area contributed by atoms with Gasteiger partial charge in [-0.05, 0) is 38.3 Å². The van der Waals surface area contributed by atoms with Gasteiger partial charge >= 0.3 is 0 Å². The highest BCUT2D eigenvalue weighted by Gasteiger charge is 2.40. The minimum Gasteiger partial charge on any atom is -0.373 e. The molecule has 0 radical (unpaired) electrons. The second-order valence-electron chi connectivity index (χ2n) is 4.42. The van der Waals surface area contributed by atoms with Crippen LogP contribution >= 0.6 is 0 Å². The third-order valence-electron chi connectivity index (χ3n) is 3.24. The van der Waals surface area contributed by atoms with Gasteiger partial charge in [-0.25, -0.2) is 0 Å². The van der Waals surface area contributed by atoms with Crippen LogP contribution in [0.4, 0.5) is 5.82 Å². The molecule has 2 aliphatic rings. The molecule has 0 saturated carbocycles. The molecule has 0 spiro atoms. The van der Waals surface area contributed by atoms with Gasteiger partial charge in [0.15, 0.2) is 0 Å². The summed E-state index contributed by atoms with van der Waals surface area (Å²) in [5, 5.41) is 11.5. The first-order valence-corrected chi connectivity index (χ1v) is 5.53. The van der Waals surface area contributed by atoms with Gasteiger partial charge in [-0.2, -0.15) is 5.10 Å². The molecule has 3 rings (SSSR count). The third kappa shape index (κ3) is 1.69. The van der Waals surface area contributed by atoms with Crippen molar-refractivity contribution in [2.75, 3.05) is 5.32 Å². The molecule has 4 nitrogen and oxygen atoms in total. The van der Waals surface area contributed by atoms with Crippen LogP contribution < -0.4 is 5.32 Å². The molecule has 3 unspecified atom stereocenters. The van der Waals surface area contributed by atoms with Crippen molar-refractivity contribution in [3.05, 3.63) is 17.8 Å². The molecule has 15 heavy (non-hydrogen) atoms. The molecule has 1 N–H and O–H groups in total. The lowest BCUT2D eigenvalue weighted by Crippen LogP contribution is -2.30. The van der Waals surface area contributed by atoms with Gasteiger partial charge in [0.1, 0.15) is 5.82 Å². The Kier molecular flexibility index (Phi) is 2.09.